The fraction of sp³-hybridized carbons (Fsp3) is 0.556. The van der Waals surface area contributed by atoms with Crippen LogP contribution in [0.15, 0.2) is 12.1 Å². The number of morpholine rings is 1. The van der Waals surface area contributed by atoms with Gasteiger partial charge in [0, 0.05) is 44.1 Å². The van der Waals surface area contributed by atoms with E-state index in [4.69, 9.17) is 4.74 Å². The lowest BCUT2D eigenvalue weighted by Gasteiger charge is -2.46. The molecule has 1 spiro atoms. The standard InChI is InChI=1S/C18H23N5O3/c1-12-8-13(2)23-15(19-12)9-14(20-23)17(25)22-6-4-18(5-7-22)11-21(3)16(24)10-26-18/h8-9H,4-7,10-11H2,1-3H3. The Balaban J connectivity index is 1.49. The Hall–Kier alpha value is -2.48. The van der Waals surface area contributed by atoms with Crippen molar-refractivity contribution in [1.29, 1.82) is 0 Å². The molecule has 138 valence electrons. The van der Waals surface area contributed by atoms with E-state index in [2.05, 4.69) is 10.1 Å². The molecule has 0 saturated carbocycles. The molecule has 4 heterocycles. The van der Waals surface area contributed by atoms with E-state index in [9.17, 15) is 9.59 Å². The van der Waals surface area contributed by atoms with Gasteiger partial charge < -0.3 is 14.5 Å². The summed E-state index contributed by atoms with van der Waals surface area (Å²) in [7, 11) is 1.80. The van der Waals surface area contributed by atoms with Gasteiger partial charge in [-0.2, -0.15) is 5.10 Å². The van der Waals surface area contributed by atoms with Gasteiger partial charge in [0.25, 0.3) is 5.91 Å². The first kappa shape index (κ1) is 17.0. The molecule has 0 aliphatic carbocycles. The SMILES string of the molecule is Cc1cc(C)n2nc(C(=O)N3CCC4(CC3)CN(C)C(=O)CO4)cc2n1. The fourth-order valence-electron chi connectivity index (χ4n) is 3.86. The maximum absolute atomic E-state index is 12.9. The number of carbonyl (C=O) groups is 2. The minimum absolute atomic E-state index is 0.0111. The summed E-state index contributed by atoms with van der Waals surface area (Å²) in [5.41, 5.74) is 2.64. The molecule has 2 fully saturated rings. The summed E-state index contributed by atoms with van der Waals surface area (Å²) in [6, 6.07) is 3.69. The smallest absolute Gasteiger partial charge is 0.274 e. The highest BCUT2D eigenvalue weighted by molar-refractivity contribution is 5.93. The van der Waals surface area contributed by atoms with Gasteiger partial charge in [-0.3, -0.25) is 9.59 Å². The van der Waals surface area contributed by atoms with Gasteiger partial charge in [0.1, 0.15) is 6.61 Å². The van der Waals surface area contributed by atoms with E-state index in [1.807, 2.05) is 24.8 Å². The zero-order chi connectivity index (χ0) is 18.5. The molecule has 8 nitrogen and oxygen atoms in total. The summed E-state index contributed by atoms with van der Waals surface area (Å²) in [4.78, 5) is 32.5. The molecule has 2 aromatic rings. The third kappa shape index (κ3) is 2.84. The predicted molar refractivity (Wildman–Crippen MR) is 93.9 cm³/mol. The van der Waals surface area contributed by atoms with Gasteiger partial charge in [-0.25, -0.2) is 9.50 Å². The van der Waals surface area contributed by atoms with Gasteiger partial charge in [0.2, 0.25) is 5.91 Å². The number of likely N-dealkylation sites (tertiary alicyclic amines) is 1. The van der Waals surface area contributed by atoms with E-state index in [0.717, 1.165) is 24.2 Å². The van der Waals surface area contributed by atoms with Gasteiger partial charge in [-0.15, -0.1) is 0 Å². The lowest BCUT2D eigenvalue weighted by atomic mass is 9.89. The van der Waals surface area contributed by atoms with Crippen molar-refractivity contribution in [3.05, 3.63) is 29.2 Å². The van der Waals surface area contributed by atoms with Crippen molar-refractivity contribution in [3.8, 4) is 0 Å². The van der Waals surface area contributed by atoms with Crippen molar-refractivity contribution in [2.75, 3.05) is 33.3 Å². The van der Waals surface area contributed by atoms with Crippen molar-refractivity contribution in [1.82, 2.24) is 24.4 Å². The molecule has 2 aromatic heterocycles. The van der Waals surface area contributed by atoms with Gasteiger partial charge in [0.15, 0.2) is 11.3 Å². The second-order valence-corrected chi connectivity index (χ2v) is 7.35. The van der Waals surface area contributed by atoms with Crippen LogP contribution < -0.4 is 0 Å². The molecule has 0 aromatic carbocycles. The van der Waals surface area contributed by atoms with Crippen molar-refractivity contribution in [2.24, 2.45) is 0 Å². The number of aryl methyl sites for hydroxylation is 2. The van der Waals surface area contributed by atoms with Crippen LogP contribution in [0, 0.1) is 13.8 Å². The lowest BCUT2D eigenvalue weighted by molar-refractivity contribution is -0.167. The Bertz CT molecular complexity index is 882. The van der Waals surface area contributed by atoms with Gasteiger partial charge >= 0.3 is 0 Å². The molecule has 8 heteroatoms. The highest BCUT2D eigenvalue weighted by atomic mass is 16.5. The van der Waals surface area contributed by atoms with Crippen LogP contribution in [0.25, 0.3) is 5.65 Å². The Labute approximate surface area is 151 Å². The number of hydrogen-bond donors (Lipinski definition) is 0. The topological polar surface area (TPSA) is 80.0 Å². The Kier molecular flexibility index (Phi) is 3.95. The van der Waals surface area contributed by atoms with Crippen LogP contribution in [-0.4, -0.2) is 75.1 Å². The van der Waals surface area contributed by atoms with Gasteiger partial charge in [-0.1, -0.05) is 0 Å². The van der Waals surface area contributed by atoms with Crippen LogP contribution in [0.4, 0.5) is 0 Å². The Morgan fingerprint density at radius 1 is 1.23 bits per heavy atom. The molecule has 4 rings (SSSR count). The number of aromatic nitrogens is 3. The number of fused-ring (bicyclic) bond motifs is 1. The van der Waals surface area contributed by atoms with Crippen molar-refractivity contribution >= 4 is 17.5 Å². The summed E-state index contributed by atoms with van der Waals surface area (Å²) >= 11 is 0. The van der Waals surface area contributed by atoms with Crippen molar-refractivity contribution in [3.63, 3.8) is 0 Å². The minimum atomic E-state index is -0.326. The molecule has 0 N–H and O–H groups in total. The minimum Gasteiger partial charge on any atom is -0.363 e. The molecule has 2 amide bonds. The van der Waals surface area contributed by atoms with Crippen LogP contribution >= 0.6 is 0 Å². The van der Waals surface area contributed by atoms with E-state index in [-0.39, 0.29) is 24.0 Å². The first-order chi connectivity index (χ1) is 12.4. The summed E-state index contributed by atoms with van der Waals surface area (Å²) in [6.07, 6.45) is 1.44. The summed E-state index contributed by atoms with van der Waals surface area (Å²) < 4.78 is 7.55. The third-order valence-corrected chi connectivity index (χ3v) is 5.37. The normalized spacial score (nSPS) is 20.2. The van der Waals surface area contributed by atoms with E-state index < -0.39 is 0 Å². The Morgan fingerprint density at radius 3 is 2.65 bits per heavy atom. The first-order valence-electron chi connectivity index (χ1n) is 8.88. The number of hydrogen-bond acceptors (Lipinski definition) is 5. The summed E-state index contributed by atoms with van der Waals surface area (Å²) in [5.74, 6) is -0.0698. The van der Waals surface area contributed by atoms with Crippen molar-refractivity contribution < 1.29 is 14.3 Å². The number of carbonyl (C=O) groups excluding carboxylic acids is 2. The van der Waals surface area contributed by atoms with Crippen LogP contribution in [0.2, 0.25) is 0 Å². The maximum atomic E-state index is 12.9. The zero-order valence-corrected chi connectivity index (χ0v) is 15.4. The summed E-state index contributed by atoms with van der Waals surface area (Å²) in [5, 5.41) is 4.43. The number of piperidine rings is 1. The second kappa shape index (κ2) is 6.05. The first-order valence-corrected chi connectivity index (χ1v) is 8.88. The largest absolute Gasteiger partial charge is 0.363 e. The second-order valence-electron chi connectivity index (χ2n) is 7.35. The van der Waals surface area contributed by atoms with E-state index in [1.165, 1.54) is 0 Å². The zero-order valence-electron chi connectivity index (χ0n) is 15.4. The number of nitrogens with zero attached hydrogens (tertiary/aromatic N) is 5. The molecule has 2 saturated heterocycles. The highest BCUT2D eigenvalue weighted by Gasteiger charge is 2.42. The molecule has 0 atom stereocenters. The number of likely N-dealkylation sites (N-methyl/N-ethyl adjacent to an activating group) is 1. The third-order valence-electron chi connectivity index (χ3n) is 5.37. The molecule has 0 bridgehead atoms. The average molecular weight is 357 g/mol. The molecular weight excluding hydrogens is 334 g/mol. The summed E-state index contributed by atoms with van der Waals surface area (Å²) in [6.45, 7) is 5.79. The number of ether oxygens (including phenoxy) is 1. The van der Waals surface area contributed by atoms with E-state index >= 15 is 0 Å². The van der Waals surface area contributed by atoms with E-state index in [0.29, 0.717) is 31.0 Å². The van der Waals surface area contributed by atoms with Crippen LogP contribution in [0.5, 0.6) is 0 Å². The number of amides is 2. The molecule has 0 radical (unpaired) electrons. The molecule has 0 unspecified atom stereocenters. The molecule has 2 aliphatic rings. The van der Waals surface area contributed by atoms with Crippen molar-refractivity contribution in [2.45, 2.75) is 32.3 Å². The average Bonchev–Trinajstić information content (AvgIpc) is 3.03. The quantitative estimate of drug-likeness (QED) is 0.755. The van der Waals surface area contributed by atoms with Crippen LogP contribution in [0.3, 0.4) is 0 Å². The van der Waals surface area contributed by atoms with E-state index in [1.54, 1.807) is 22.5 Å². The molecule has 26 heavy (non-hydrogen) atoms. The van der Waals surface area contributed by atoms with Gasteiger partial charge in [0.05, 0.1) is 5.60 Å². The van der Waals surface area contributed by atoms with Gasteiger partial charge in [-0.05, 0) is 32.8 Å². The molecular formula is C18H23N5O3. The predicted octanol–water partition coefficient (Wildman–Crippen LogP) is 0.810. The van der Waals surface area contributed by atoms with Crippen LogP contribution in [-0.2, 0) is 9.53 Å². The van der Waals surface area contributed by atoms with Crippen LogP contribution in [0.1, 0.15) is 34.7 Å². The highest BCUT2D eigenvalue weighted by Crippen LogP contribution is 2.30. The fourth-order valence-corrected chi connectivity index (χ4v) is 3.86. The molecule has 2 aliphatic heterocycles. The Morgan fingerprint density at radius 2 is 1.96 bits per heavy atom. The lowest BCUT2D eigenvalue weighted by Crippen LogP contribution is -2.58. The number of rotatable bonds is 1. The monoisotopic (exact) mass is 357 g/mol. The maximum Gasteiger partial charge on any atom is 0.274 e.